The van der Waals surface area contributed by atoms with E-state index in [0.29, 0.717) is 10.8 Å². The van der Waals surface area contributed by atoms with Gasteiger partial charge in [-0.3, -0.25) is 0 Å². The van der Waals surface area contributed by atoms with E-state index in [1.165, 1.54) is 0 Å². The number of aromatic nitrogens is 3. The second-order valence-corrected chi connectivity index (χ2v) is 4.41. The van der Waals surface area contributed by atoms with E-state index in [-0.39, 0.29) is 17.9 Å². The van der Waals surface area contributed by atoms with Crippen LogP contribution in [0.25, 0.3) is 0 Å². The van der Waals surface area contributed by atoms with Gasteiger partial charge in [0.15, 0.2) is 12.4 Å². The van der Waals surface area contributed by atoms with Gasteiger partial charge in [0, 0.05) is 7.05 Å². The number of halogens is 1. The monoisotopic (exact) mass is 280 g/mol. The number of rotatable bonds is 3. The third kappa shape index (κ3) is 2.68. The van der Waals surface area contributed by atoms with Crippen LogP contribution in [0.5, 0.6) is 0 Å². The number of hydrogen-bond acceptors (Lipinski definition) is 5. The van der Waals surface area contributed by atoms with Gasteiger partial charge < -0.3 is 15.0 Å². The standard InChI is InChI=1S/C12H13ClN4O2/c1-7-15-16-10(17(7)2)6-19-12(18)8-4-3-5-9(13)11(8)14/h3-5H,6,14H2,1-2H3. The largest absolute Gasteiger partial charge is 0.454 e. The van der Waals surface area contributed by atoms with Crippen molar-refractivity contribution >= 4 is 23.3 Å². The summed E-state index contributed by atoms with van der Waals surface area (Å²) in [4.78, 5) is 11.9. The van der Waals surface area contributed by atoms with Crippen molar-refractivity contribution in [2.75, 3.05) is 5.73 Å². The van der Waals surface area contributed by atoms with Crippen LogP contribution in [0.15, 0.2) is 18.2 Å². The highest BCUT2D eigenvalue weighted by Gasteiger charge is 2.14. The minimum absolute atomic E-state index is 0.0299. The van der Waals surface area contributed by atoms with Gasteiger partial charge in [0.1, 0.15) is 5.82 Å². The average Bonchev–Trinajstić information content (AvgIpc) is 2.70. The summed E-state index contributed by atoms with van der Waals surface area (Å²) >= 11 is 5.84. The molecule has 7 heteroatoms. The number of nitrogen functional groups attached to an aromatic ring is 1. The normalized spacial score (nSPS) is 10.5. The van der Waals surface area contributed by atoms with Gasteiger partial charge in [-0.15, -0.1) is 10.2 Å². The van der Waals surface area contributed by atoms with E-state index in [0.717, 1.165) is 5.82 Å². The van der Waals surface area contributed by atoms with Crippen LogP contribution in [0.4, 0.5) is 5.69 Å². The zero-order chi connectivity index (χ0) is 14.0. The first-order chi connectivity index (χ1) is 9.00. The Balaban J connectivity index is 2.10. The van der Waals surface area contributed by atoms with Crippen LogP contribution in [0.2, 0.25) is 5.02 Å². The first kappa shape index (κ1) is 13.4. The van der Waals surface area contributed by atoms with E-state index in [2.05, 4.69) is 10.2 Å². The number of ether oxygens (including phenoxy) is 1. The van der Waals surface area contributed by atoms with E-state index >= 15 is 0 Å². The van der Waals surface area contributed by atoms with Crippen LogP contribution >= 0.6 is 11.6 Å². The lowest BCUT2D eigenvalue weighted by atomic mass is 10.2. The van der Waals surface area contributed by atoms with Crippen molar-refractivity contribution in [1.29, 1.82) is 0 Å². The first-order valence-corrected chi connectivity index (χ1v) is 5.94. The number of benzene rings is 1. The smallest absolute Gasteiger partial charge is 0.340 e. The molecule has 1 heterocycles. The molecule has 1 aromatic carbocycles. The van der Waals surface area contributed by atoms with Crippen molar-refractivity contribution in [3.05, 3.63) is 40.4 Å². The number of aryl methyl sites for hydroxylation is 1. The van der Waals surface area contributed by atoms with Gasteiger partial charge in [0.05, 0.1) is 16.3 Å². The third-order valence-electron chi connectivity index (χ3n) is 2.79. The van der Waals surface area contributed by atoms with Crippen molar-refractivity contribution in [1.82, 2.24) is 14.8 Å². The minimum Gasteiger partial charge on any atom is -0.454 e. The molecule has 19 heavy (non-hydrogen) atoms. The van der Waals surface area contributed by atoms with Crippen molar-refractivity contribution in [2.24, 2.45) is 7.05 Å². The van der Waals surface area contributed by atoms with Crippen molar-refractivity contribution in [3.8, 4) is 0 Å². The lowest BCUT2D eigenvalue weighted by Gasteiger charge is -2.07. The van der Waals surface area contributed by atoms with Gasteiger partial charge in [-0.25, -0.2) is 4.79 Å². The molecule has 0 atom stereocenters. The quantitative estimate of drug-likeness (QED) is 0.684. The molecule has 2 rings (SSSR count). The van der Waals surface area contributed by atoms with Crippen molar-refractivity contribution in [3.63, 3.8) is 0 Å². The predicted molar refractivity (Wildman–Crippen MR) is 70.7 cm³/mol. The fraction of sp³-hybridized carbons (Fsp3) is 0.250. The summed E-state index contributed by atoms with van der Waals surface area (Å²) in [5.74, 6) is 0.764. The molecule has 0 aliphatic heterocycles. The van der Waals surface area contributed by atoms with Gasteiger partial charge in [-0.2, -0.15) is 0 Å². The van der Waals surface area contributed by atoms with E-state index < -0.39 is 5.97 Å². The number of para-hydroxylation sites is 1. The molecule has 2 aromatic rings. The molecule has 0 fully saturated rings. The molecule has 0 bridgehead atoms. The fourth-order valence-electron chi connectivity index (χ4n) is 1.50. The van der Waals surface area contributed by atoms with E-state index in [9.17, 15) is 4.79 Å². The van der Waals surface area contributed by atoms with Crippen molar-refractivity contribution < 1.29 is 9.53 Å². The van der Waals surface area contributed by atoms with Crippen LogP contribution in [0.3, 0.4) is 0 Å². The summed E-state index contributed by atoms with van der Waals surface area (Å²) in [5, 5.41) is 8.10. The molecule has 0 amide bonds. The zero-order valence-electron chi connectivity index (χ0n) is 10.6. The summed E-state index contributed by atoms with van der Waals surface area (Å²) in [5.41, 5.74) is 6.17. The van der Waals surface area contributed by atoms with Crippen molar-refractivity contribution in [2.45, 2.75) is 13.5 Å². The maximum absolute atomic E-state index is 11.9. The summed E-state index contributed by atoms with van der Waals surface area (Å²) in [7, 11) is 1.80. The molecule has 0 radical (unpaired) electrons. The lowest BCUT2D eigenvalue weighted by molar-refractivity contribution is 0.0460. The van der Waals surface area contributed by atoms with E-state index in [1.807, 2.05) is 6.92 Å². The lowest BCUT2D eigenvalue weighted by Crippen LogP contribution is -2.11. The van der Waals surface area contributed by atoms with E-state index in [1.54, 1.807) is 29.8 Å². The Bertz CT molecular complexity index is 624. The molecule has 2 N–H and O–H groups in total. The second-order valence-electron chi connectivity index (χ2n) is 4.00. The first-order valence-electron chi connectivity index (χ1n) is 5.56. The number of nitrogens with zero attached hydrogens (tertiary/aromatic N) is 3. The zero-order valence-corrected chi connectivity index (χ0v) is 11.3. The maximum Gasteiger partial charge on any atom is 0.340 e. The number of nitrogens with two attached hydrogens (primary N) is 1. The third-order valence-corrected chi connectivity index (χ3v) is 3.12. The number of esters is 1. The molecule has 0 spiro atoms. The molecule has 0 unspecified atom stereocenters. The molecule has 100 valence electrons. The number of anilines is 1. The van der Waals surface area contributed by atoms with Crippen LogP contribution < -0.4 is 5.73 Å². The number of carbonyl (C=O) groups excluding carboxylic acids is 1. The Morgan fingerprint density at radius 2 is 2.21 bits per heavy atom. The van der Waals surface area contributed by atoms with Crippen LogP contribution in [0, 0.1) is 6.92 Å². The summed E-state index contributed by atoms with van der Waals surface area (Å²) in [6.07, 6.45) is 0. The van der Waals surface area contributed by atoms with Crippen LogP contribution in [-0.4, -0.2) is 20.7 Å². The van der Waals surface area contributed by atoms with Crippen LogP contribution in [-0.2, 0) is 18.4 Å². The Morgan fingerprint density at radius 1 is 1.47 bits per heavy atom. The summed E-state index contributed by atoms with van der Waals surface area (Å²) in [6.45, 7) is 1.84. The van der Waals surface area contributed by atoms with E-state index in [4.69, 9.17) is 22.1 Å². The molecule has 0 aliphatic carbocycles. The summed E-state index contributed by atoms with van der Waals surface area (Å²) < 4.78 is 6.89. The van der Waals surface area contributed by atoms with Crippen LogP contribution in [0.1, 0.15) is 22.0 Å². The van der Waals surface area contributed by atoms with Gasteiger partial charge in [-0.05, 0) is 19.1 Å². The molecule has 0 aliphatic rings. The average molecular weight is 281 g/mol. The summed E-state index contributed by atoms with van der Waals surface area (Å²) in [6, 6.07) is 4.81. The molecular formula is C12H13ClN4O2. The fourth-order valence-corrected chi connectivity index (χ4v) is 1.67. The Kier molecular flexibility index (Phi) is 3.71. The Labute approximate surface area is 115 Å². The van der Waals surface area contributed by atoms with Gasteiger partial charge in [-0.1, -0.05) is 17.7 Å². The topological polar surface area (TPSA) is 83.0 Å². The number of carbonyl (C=O) groups is 1. The van der Waals surface area contributed by atoms with Gasteiger partial charge in [0.25, 0.3) is 0 Å². The Morgan fingerprint density at radius 3 is 2.84 bits per heavy atom. The Hall–Kier alpha value is -2.08. The van der Waals surface area contributed by atoms with Gasteiger partial charge >= 0.3 is 5.97 Å². The molecule has 0 saturated heterocycles. The molecule has 6 nitrogen and oxygen atoms in total. The molecule has 1 aromatic heterocycles. The number of hydrogen-bond donors (Lipinski definition) is 1. The minimum atomic E-state index is -0.541. The highest BCUT2D eigenvalue weighted by atomic mass is 35.5. The highest BCUT2D eigenvalue weighted by Crippen LogP contribution is 2.23. The maximum atomic E-state index is 11.9. The SMILES string of the molecule is Cc1nnc(COC(=O)c2cccc(Cl)c2N)n1C. The molecular weight excluding hydrogens is 268 g/mol. The second kappa shape index (κ2) is 5.27. The highest BCUT2D eigenvalue weighted by molar-refractivity contribution is 6.33. The predicted octanol–water partition coefficient (Wildman–Crippen LogP) is 1.72. The molecule has 0 saturated carbocycles. The van der Waals surface area contributed by atoms with Gasteiger partial charge in [0.2, 0.25) is 0 Å².